The zero-order valence-electron chi connectivity index (χ0n) is 17.4. The molecule has 164 valence electrons. The lowest BCUT2D eigenvalue weighted by molar-refractivity contribution is -0.123. The smallest absolute Gasteiger partial charge is 0.258 e. The quantitative estimate of drug-likeness (QED) is 0.244. The second-order valence-corrected chi connectivity index (χ2v) is 8.33. The van der Waals surface area contributed by atoms with E-state index in [0.29, 0.717) is 18.3 Å². The number of nitrogens with one attached hydrogen (secondary N) is 3. The third kappa shape index (κ3) is 8.86. The number of thiazole rings is 1. The van der Waals surface area contributed by atoms with Crippen molar-refractivity contribution in [3.05, 3.63) is 45.9 Å². The average molecular weight is 543 g/mol. The van der Waals surface area contributed by atoms with Crippen LogP contribution in [0.25, 0.3) is 0 Å². The number of carbonyl (C=O) groups is 1. The standard InChI is InChI=1S/C21H29N5O2S.HI/c1-3-22-21(25-13-20-24-12-15(2)29-20)23-11-10-16-4-8-18(9-5-16)28-14-19(27)26-17-6-7-17;/h4-5,8-9,12,17H,3,6-7,10-11,13-14H2,1-2H3,(H,26,27)(H2,22,23,25);1H. The predicted molar refractivity (Wildman–Crippen MR) is 132 cm³/mol. The van der Waals surface area contributed by atoms with Crippen molar-refractivity contribution in [2.75, 3.05) is 19.7 Å². The minimum Gasteiger partial charge on any atom is -0.484 e. The fraction of sp³-hybridized carbons (Fsp3) is 0.476. The number of aliphatic imine (C=N–C) groups is 1. The van der Waals surface area contributed by atoms with Gasteiger partial charge in [0.25, 0.3) is 5.91 Å². The van der Waals surface area contributed by atoms with E-state index in [2.05, 4.69) is 25.9 Å². The molecule has 1 aromatic carbocycles. The number of nitrogens with zero attached hydrogens (tertiary/aromatic N) is 2. The van der Waals surface area contributed by atoms with Crippen molar-refractivity contribution in [3.8, 4) is 5.75 Å². The van der Waals surface area contributed by atoms with Gasteiger partial charge in [-0.25, -0.2) is 9.98 Å². The van der Waals surface area contributed by atoms with Crippen LogP contribution in [0.15, 0.2) is 35.5 Å². The van der Waals surface area contributed by atoms with E-state index in [1.807, 2.05) is 44.3 Å². The van der Waals surface area contributed by atoms with Gasteiger partial charge in [-0.2, -0.15) is 0 Å². The van der Waals surface area contributed by atoms with Crippen LogP contribution in [0.4, 0.5) is 0 Å². The molecule has 1 aliphatic rings. The fourth-order valence-electron chi connectivity index (χ4n) is 2.69. The highest BCUT2D eigenvalue weighted by molar-refractivity contribution is 14.0. The van der Waals surface area contributed by atoms with Crippen LogP contribution in [-0.4, -0.2) is 42.6 Å². The Labute approximate surface area is 199 Å². The van der Waals surface area contributed by atoms with Gasteiger partial charge in [0.1, 0.15) is 10.8 Å². The molecule has 0 bridgehead atoms. The minimum absolute atomic E-state index is 0. The summed E-state index contributed by atoms with van der Waals surface area (Å²) in [6.07, 6.45) is 4.91. The van der Waals surface area contributed by atoms with Crippen LogP contribution in [-0.2, 0) is 17.8 Å². The van der Waals surface area contributed by atoms with Crippen LogP contribution in [0.1, 0.15) is 35.2 Å². The van der Waals surface area contributed by atoms with E-state index in [1.165, 1.54) is 10.4 Å². The van der Waals surface area contributed by atoms with Gasteiger partial charge in [0, 0.05) is 30.2 Å². The molecule has 30 heavy (non-hydrogen) atoms. The topological polar surface area (TPSA) is 87.6 Å². The molecule has 3 rings (SSSR count). The van der Waals surface area contributed by atoms with Crippen molar-refractivity contribution in [3.63, 3.8) is 0 Å². The number of aromatic nitrogens is 1. The molecule has 0 spiro atoms. The molecule has 3 N–H and O–H groups in total. The lowest BCUT2D eigenvalue weighted by Gasteiger charge is -2.11. The molecule has 2 aromatic rings. The van der Waals surface area contributed by atoms with Crippen molar-refractivity contribution in [2.45, 2.75) is 45.7 Å². The van der Waals surface area contributed by atoms with Crippen molar-refractivity contribution in [1.29, 1.82) is 0 Å². The predicted octanol–water partition coefficient (Wildman–Crippen LogP) is 3.02. The van der Waals surface area contributed by atoms with E-state index < -0.39 is 0 Å². The van der Waals surface area contributed by atoms with Gasteiger partial charge in [0.05, 0.1) is 6.54 Å². The van der Waals surface area contributed by atoms with E-state index in [9.17, 15) is 4.79 Å². The van der Waals surface area contributed by atoms with Gasteiger partial charge in [-0.3, -0.25) is 4.79 Å². The highest BCUT2D eigenvalue weighted by Gasteiger charge is 2.23. The Bertz CT molecular complexity index is 821. The van der Waals surface area contributed by atoms with E-state index in [1.54, 1.807) is 11.3 Å². The van der Waals surface area contributed by atoms with Crippen LogP contribution in [0.3, 0.4) is 0 Å². The summed E-state index contributed by atoms with van der Waals surface area (Å²) in [4.78, 5) is 21.8. The van der Waals surface area contributed by atoms with Gasteiger partial charge in [-0.05, 0) is 50.8 Å². The molecule has 1 amide bonds. The maximum Gasteiger partial charge on any atom is 0.258 e. The van der Waals surface area contributed by atoms with Gasteiger partial charge in [0.15, 0.2) is 12.6 Å². The van der Waals surface area contributed by atoms with Gasteiger partial charge in [0.2, 0.25) is 0 Å². The number of amides is 1. The molecular formula is C21H30IN5O2S. The first kappa shape index (κ1) is 24.4. The maximum absolute atomic E-state index is 11.7. The third-order valence-corrected chi connectivity index (χ3v) is 5.23. The summed E-state index contributed by atoms with van der Waals surface area (Å²) < 4.78 is 5.54. The lowest BCUT2D eigenvalue weighted by Crippen LogP contribution is -2.38. The molecule has 0 aliphatic heterocycles. The summed E-state index contributed by atoms with van der Waals surface area (Å²) in [6.45, 7) is 6.32. The second kappa shape index (κ2) is 12.7. The molecule has 7 nitrogen and oxygen atoms in total. The molecule has 1 fully saturated rings. The van der Waals surface area contributed by atoms with Crippen LogP contribution < -0.4 is 20.7 Å². The van der Waals surface area contributed by atoms with Crippen molar-refractivity contribution >= 4 is 47.2 Å². The molecule has 1 saturated carbocycles. The SMILES string of the molecule is CCNC(=NCc1ncc(C)s1)NCCc1ccc(OCC(=O)NC2CC2)cc1.I. The molecule has 1 aromatic heterocycles. The molecular weight excluding hydrogens is 513 g/mol. The van der Waals surface area contributed by atoms with E-state index in [0.717, 1.165) is 43.3 Å². The Morgan fingerprint density at radius 3 is 2.67 bits per heavy atom. The summed E-state index contributed by atoms with van der Waals surface area (Å²) in [5.41, 5.74) is 1.19. The Hall–Kier alpha value is -1.88. The number of hydrogen-bond donors (Lipinski definition) is 3. The molecule has 0 radical (unpaired) electrons. The number of guanidine groups is 1. The summed E-state index contributed by atoms with van der Waals surface area (Å²) in [5, 5.41) is 10.5. The van der Waals surface area contributed by atoms with Crippen LogP contribution >= 0.6 is 35.3 Å². The van der Waals surface area contributed by atoms with Crippen molar-refractivity contribution in [1.82, 2.24) is 20.9 Å². The first-order chi connectivity index (χ1) is 14.1. The van der Waals surface area contributed by atoms with Gasteiger partial charge in [-0.1, -0.05) is 12.1 Å². The van der Waals surface area contributed by atoms with Crippen molar-refractivity contribution in [2.24, 2.45) is 4.99 Å². The lowest BCUT2D eigenvalue weighted by atomic mass is 10.1. The zero-order valence-corrected chi connectivity index (χ0v) is 20.6. The molecule has 0 unspecified atom stereocenters. The van der Waals surface area contributed by atoms with Crippen LogP contribution in [0.5, 0.6) is 5.75 Å². The largest absolute Gasteiger partial charge is 0.484 e. The molecule has 0 saturated heterocycles. The zero-order chi connectivity index (χ0) is 20.5. The van der Waals surface area contributed by atoms with Gasteiger partial charge >= 0.3 is 0 Å². The van der Waals surface area contributed by atoms with Gasteiger partial charge in [-0.15, -0.1) is 35.3 Å². The summed E-state index contributed by atoms with van der Waals surface area (Å²) in [7, 11) is 0. The van der Waals surface area contributed by atoms with Crippen LogP contribution in [0, 0.1) is 6.92 Å². The van der Waals surface area contributed by atoms with E-state index >= 15 is 0 Å². The minimum atomic E-state index is -0.0519. The number of ether oxygens (including phenoxy) is 1. The van der Waals surface area contributed by atoms with E-state index in [4.69, 9.17) is 4.74 Å². The number of aryl methyl sites for hydroxylation is 1. The molecule has 1 heterocycles. The van der Waals surface area contributed by atoms with Crippen molar-refractivity contribution < 1.29 is 9.53 Å². The average Bonchev–Trinajstić information content (AvgIpc) is 3.43. The number of hydrogen-bond acceptors (Lipinski definition) is 5. The Kier molecular flexibility index (Phi) is 10.4. The molecule has 9 heteroatoms. The normalized spacial score (nSPS) is 13.3. The highest BCUT2D eigenvalue weighted by Crippen LogP contribution is 2.18. The van der Waals surface area contributed by atoms with Crippen LogP contribution in [0.2, 0.25) is 0 Å². The monoisotopic (exact) mass is 543 g/mol. The van der Waals surface area contributed by atoms with E-state index in [-0.39, 0.29) is 36.5 Å². The number of benzene rings is 1. The molecule has 1 aliphatic carbocycles. The van der Waals surface area contributed by atoms with Gasteiger partial charge < -0.3 is 20.7 Å². The highest BCUT2D eigenvalue weighted by atomic mass is 127. The summed E-state index contributed by atoms with van der Waals surface area (Å²) >= 11 is 1.67. The maximum atomic E-state index is 11.7. The number of halogens is 1. The second-order valence-electron chi connectivity index (χ2n) is 7.01. The Balaban J connectivity index is 0.00000320. The number of rotatable bonds is 10. The summed E-state index contributed by atoms with van der Waals surface area (Å²) in [6, 6.07) is 8.23. The summed E-state index contributed by atoms with van der Waals surface area (Å²) in [5.74, 6) is 1.45. The Morgan fingerprint density at radius 1 is 1.27 bits per heavy atom. The first-order valence-electron chi connectivity index (χ1n) is 10.1. The Morgan fingerprint density at radius 2 is 2.03 bits per heavy atom. The fourth-order valence-corrected chi connectivity index (χ4v) is 3.40. The first-order valence-corrected chi connectivity index (χ1v) is 10.9. The molecule has 0 atom stereocenters. The third-order valence-electron chi connectivity index (χ3n) is 4.33. The number of carbonyl (C=O) groups excluding carboxylic acids is 1.